The molecule has 0 aromatic carbocycles. The van der Waals surface area contributed by atoms with E-state index in [0.29, 0.717) is 85.8 Å². The fourth-order valence-electron chi connectivity index (χ4n) is 1.90. The maximum atomic E-state index is 11.6. The summed E-state index contributed by atoms with van der Waals surface area (Å²) in [6.07, 6.45) is 0.289. The number of amides is 2. The minimum atomic E-state index is -0.116. The molecule has 12 heteroatoms. The van der Waals surface area contributed by atoms with Gasteiger partial charge in [-0.1, -0.05) is 0 Å². The molecule has 0 bridgehead atoms. The second-order valence-electron chi connectivity index (χ2n) is 5.74. The molecule has 10 nitrogen and oxygen atoms in total. The van der Waals surface area contributed by atoms with E-state index in [4.69, 9.17) is 36.3 Å². The van der Waals surface area contributed by atoms with Gasteiger partial charge in [0.2, 0.25) is 11.8 Å². The largest absolute Gasteiger partial charge is 0.389 e. The third-order valence-electron chi connectivity index (χ3n) is 3.36. The molecule has 2 amide bonds. The summed E-state index contributed by atoms with van der Waals surface area (Å²) in [7, 11) is 5.17. The van der Waals surface area contributed by atoms with Crippen LogP contribution in [0.15, 0.2) is 0 Å². The van der Waals surface area contributed by atoms with Crippen LogP contribution in [0, 0.1) is 0 Å². The Kier molecular flexibility index (Phi) is 23.7. The van der Waals surface area contributed by atoms with Crippen LogP contribution in [0.1, 0.15) is 6.42 Å². The van der Waals surface area contributed by atoms with Gasteiger partial charge in [-0.05, 0) is 0 Å². The lowest BCUT2D eigenvalue weighted by molar-refractivity contribution is -0.122. The molecule has 0 saturated carbocycles. The third kappa shape index (κ3) is 23.4. The predicted octanol–water partition coefficient (Wildman–Crippen LogP) is -1.24. The van der Waals surface area contributed by atoms with Gasteiger partial charge in [0.15, 0.2) is 0 Å². The molecule has 0 aromatic rings. The number of hydrogen-bond acceptors (Lipinski definition) is 9. The first-order chi connectivity index (χ1) is 14.7. The van der Waals surface area contributed by atoms with Crippen LogP contribution in [0.25, 0.3) is 0 Å². The van der Waals surface area contributed by atoms with Gasteiger partial charge >= 0.3 is 0 Å². The van der Waals surface area contributed by atoms with Crippen molar-refractivity contribution in [2.45, 2.75) is 6.42 Å². The first kappa shape index (κ1) is 29.1. The SMILES string of the molecule is [B]COCCOCCNC(=O)CCOCCOCCOCCOCCNC(=O)CS. The standard InChI is InChI=1S/C18H35BN2O8S/c19-16-29-14-13-26-5-2-20-17(22)1-4-24-7-9-27-11-12-28-10-8-25-6-3-21-18(23)15-30/h30H,1-16H2,(H,20,22)(H,21,23). The highest BCUT2D eigenvalue weighted by Crippen LogP contribution is 1.86. The minimum Gasteiger partial charge on any atom is -0.389 e. The van der Waals surface area contributed by atoms with Gasteiger partial charge in [0.1, 0.15) is 7.85 Å². The van der Waals surface area contributed by atoms with Crippen molar-refractivity contribution in [1.29, 1.82) is 0 Å². The predicted molar refractivity (Wildman–Crippen MR) is 115 cm³/mol. The van der Waals surface area contributed by atoms with Gasteiger partial charge in [-0.15, -0.1) is 0 Å². The van der Waals surface area contributed by atoms with Crippen LogP contribution in [0.3, 0.4) is 0 Å². The lowest BCUT2D eigenvalue weighted by atomic mass is 10.2. The molecule has 0 heterocycles. The molecule has 0 fully saturated rings. The molecule has 0 rings (SSSR count). The van der Waals surface area contributed by atoms with Crippen LogP contribution in [-0.2, 0) is 38.0 Å². The van der Waals surface area contributed by atoms with E-state index in [1.807, 2.05) is 0 Å². The molecule has 0 aromatic heterocycles. The Morgan fingerprint density at radius 2 is 1.00 bits per heavy atom. The van der Waals surface area contributed by atoms with Gasteiger partial charge in [-0.25, -0.2) is 0 Å². The van der Waals surface area contributed by atoms with Crippen molar-refractivity contribution >= 4 is 32.3 Å². The van der Waals surface area contributed by atoms with E-state index >= 15 is 0 Å². The van der Waals surface area contributed by atoms with Crippen LogP contribution in [-0.4, -0.2) is 118 Å². The highest BCUT2D eigenvalue weighted by molar-refractivity contribution is 7.81. The lowest BCUT2D eigenvalue weighted by Gasteiger charge is -2.08. The number of carbonyl (C=O) groups is 2. The summed E-state index contributed by atoms with van der Waals surface area (Å²) in [5, 5.41) is 5.39. The normalized spacial score (nSPS) is 10.8. The highest BCUT2D eigenvalue weighted by atomic mass is 32.1. The zero-order valence-electron chi connectivity index (χ0n) is 17.6. The van der Waals surface area contributed by atoms with Crippen LogP contribution >= 0.6 is 12.6 Å². The Labute approximate surface area is 185 Å². The average molecular weight is 450 g/mol. The maximum Gasteiger partial charge on any atom is 0.229 e. The van der Waals surface area contributed by atoms with Crippen molar-refractivity contribution < 1.29 is 38.0 Å². The van der Waals surface area contributed by atoms with Crippen molar-refractivity contribution in [3.05, 3.63) is 0 Å². The quantitative estimate of drug-likeness (QED) is 0.101. The van der Waals surface area contributed by atoms with Gasteiger partial charge < -0.3 is 39.1 Å². The fourth-order valence-corrected chi connectivity index (χ4v) is 2.01. The summed E-state index contributed by atoms with van der Waals surface area (Å²) >= 11 is 3.85. The summed E-state index contributed by atoms with van der Waals surface area (Å²) < 4.78 is 31.5. The smallest absolute Gasteiger partial charge is 0.229 e. The van der Waals surface area contributed by atoms with E-state index < -0.39 is 0 Å². The molecule has 0 spiro atoms. The fraction of sp³-hybridized carbons (Fsp3) is 0.889. The van der Waals surface area contributed by atoms with Crippen molar-refractivity contribution in [3.63, 3.8) is 0 Å². The molecule has 0 atom stereocenters. The number of ether oxygens (including phenoxy) is 6. The molecule has 2 N–H and O–H groups in total. The summed E-state index contributed by atoms with van der Waals surface area (Å²) in [5.41, 5.74) is 0. The van der Waals surface area contributed by atoms with Crippen LogP contribution in [0.5, 0.6) is 0 Å². The molecule has 0 aliphatic carbocycles. The van der Waals surface area contributed by atoms with Gasteiger partial charge in [-0.3, -0.25) is 9.59 Å². The van der Waals surface area contributed by atoms with Crippen LogP contribution in [0.2, 0.25) is 0 Å². The summed E-state index contributed by atoms with van der Waals surface area (Å²) in [4.78, 5) is 22.5. The zero-order valence-corrected chi connectivity index (χ0v) is 18.5. The van der Waals surface area contributed by atoms with E-state index in [-0.39, 0.29) is 30.5 Å². The Morgan fingerprint density at radius 1 is 0.600 bits per heavy atom. The second kappa shape index (κ2) is 24.4. The van der Waals surface area contributed by atoms with E-state index in [1.54, 1.807) is 0 Å². The molecule has 0 unspecified atom stereocenters. The number of nitrogens with one attached hydrogen (secondary N) is 2. The van der Waals surface area contributed by atoms with E-state index in [9.17, 15) is 9.59 Å². The third-order valence-corrected chi connectivity index (χ3v) is 3.65. The first-order valence-electron chi connectivity index (χ1n) is 10.0. The lowest BCUT2D eigenvalue weighted by Crippen LogP contribution is -2.28. The Hall–Kier alpha value is -0.885. The van der Waals surface area contributed by atoms with Gasteiger partial charge in [0, 0.05) is 26.0 Å². The molecule has 174 valence electrons. The number of hydrogen-bond donors (Lipinski definition) is 3. The van der Waals surface area contributed by atoms with Gasteiger partial charge in [0.05, 0.1) is 78.4 Å². The average Bonchev–Trinajstić information content (AvgIpc) is 2.75. The topological polar surface area (TPSA) is 114 Å². The first-order valence-corrected chi connectivity index (χ1v) is 10.6. The van der Waals surface area contributed by atoms with Crippen molar-refractivity contribution in [2.24, 2.45) is 0 Å². The molecule has 2 radical (unpaired) electrons. The molecular formula is C18H35BN2O8S. The van der Waals surface area contributed by atoms with Gasteiger partial charge in [0.25, 0.3) is 0 Å². The summed E-state index contributed by atoms with van der Waals surface area (Å²) in [6, 6.07) is 0. The molecular weight excluding hydrogens is 415 g/mol. The van der Waals surface area contributed by atoms with Crippen molar-refractivity contribution in [3.8, 4) is 0 Å². The Bertz CT molecular complexity index is 410. The Morgan fingerprint density at radius 3 is 1.47 bits per heavy atom. The van der Waals surface area contributed by atoms with Crippen LogP contribution in [0.4, 0.5) is 0 Å². The second-order valence-corrected chi connectivity index (χ2v) is 6.06. The Balaban J connectivity index is 3.15. The maximum absolute atomic E-state index is 11.6. The molecule has 0 saturated heterocycles. The summed E-state index contributed by atoms with van der Waals surface area (Å²) in [5.74, 6) is -0.0289. The van der Waals surface area contributed by atoms with Crippen molar-refractivity contribution in [2.75, 3.05) is 98.0 Å². The number of carbonyl (C=O) groups excluding carboxylic acids is 2. The van der Waals surface area contributed by atoms with E-state index in [1.165, 1.54) is 0 Å². The van der Waals surface area contributed by atoms with Crippen LogP contribution < -0.4 is 10.6 Å². The highest BCUT2D eigenvalue weighted by Gasteiger charge is 2.01. The minimum absolute atomic E-state index is 0.0857. The molecule has 0 aliphatic heterocycles. The summed E-state index contributed by atoms with van der Waals surface area (Å²) in [6.45, 7) is 5.87. The molecule has 0 aliphatic rings. The van der Waals surface area contributed by atoms with E-state index in [2.05, 4.69) is 23.3 Å². The number of thiol groups is 1. The monoisotopic (exact) mass is 450 g/mol. The van der Waals surface area contributed by atoms with Crippen molar-refractivity contribution in [1.82, 2.24) is 10.6 Å². The number of rotatable bonds is 23. The molecule has 30 heavy (non-hydrogen) atoms. The van der Waals surface area contributed by atoms with E-state index in [0.717, 1.165) is 0 Å². The van der Waals surface area contributed by atoms with Gasteiger partial charge in [-0.2, -0.15) is 12.6 Å². The zero-order chi connectivity index (χ0) is 22.1.